The average Bonchev–Trinajstić information content (AvgIpc) is 3.13. The average molecular weight is 659 g/mol. The van der Waals surface area contributed by atoms with Gasteiger partial charge in [0.1, 0.15) is 5.75 Å². The lowest BCUT2D eigenvalue weighted by Crippen LogP contribution is -2.54. The van der Waals surface area contributed by atoms with E-state index in [4.69, 9.17) is 23.7 Å². The Morgan fingerprint density at radius 3 is 2.21 bits per heavy atom. The van der Waals surface area contributed by atoms with Gasteiger partial charge in [-0.3, -0.25) is 9.88 Å². The second kappa shape index (κ2) is 15.6. The van der Waals surface area contributed by atoms with Gasteiger partial charge in [-0.25, -0.2) is 0 Å². The van der Waals surface area contributed by atoms with Crippen LogP contribution in [0.5, 0.6) is 34.5 Å². The minimum atomic E-state index is -0.800. The van der Waals surface area contributed by atoms with Crippen molar-refractivity contribution >= 4 is 10.9 Å². The Morgan fingerprint density at radius 2 is 1.62 bits per heavy atom. The van der Waals surface area contributed by atoms with Crippen molar-refractivity contribution in [3.8, 4) is 34.5 Å². The highest BCUT2D eigenvalue weighted by atomic mass is 16.5. The third-order valence-corrected chi connectivity index (χ3v) is 9.56. The van der Waals surface area contributed by atoms with Gasteiger partial charge in [-0.05, 0) is 96.4 Å². The smallest absolute Gasteiger partial charge is 0.203 e. The van der Waals surface area contributed by atoms with Crippen LogP contribution < -0.4 is 23.7 Å². The molecule has 3 fully saturated rings. The third kappa shape index (κ3) is 7.31. The summed E-state index contributed by atoms with van der Waals surface area (Å²) in [5.74, 6) is 3.85. The number of fused-ring (bicyclic) bond motifs is 4. The summed E-state index contributed by atoms with van der Waals surface area (Å²) in [6, 6.07) is 16.4. The molecule has 256 valence electrons. The van der Waals surface area contributed by atoms with Crippen LogP contribution in [-0.4, -0.2) is 79.9 Å². The number of hydrogen-bond acceptors (Lipinski definition) is 10. The van der Waals surface area contributed by atoms with E-state index in [1.54, 1.807) is 43.6 Å². The summed E-state index contributed by atoms with van der Waals surface area (Å²) < 4.78 is 26.2. The molecule has 0 amide bonds. The van der Waals surface area contributed by atoms with Crippen LogP contribution in [0.4, 0.5) is 0 Å². The van der Waals surface area contributed by atoms with Gasteiger partial charge in [-0.2, -0.15) is 0 Å². The zero-order valence-electron chi connectivity index (χ0n) is 28.3. The van der Waals surface area contributed by atoms with E-state index in [9.17, 15) is 15.3 Å². The number of hydrogen-bond donors (Lipinski definition) is 3. The van der Waals surface area contributed by atoms with E-state index in [1.165, 1.54) is 34.9 Å². The number of aromatic hydroxyl groups is 1. The number of phenols is 1. The van der Waals surface area contributed by atoms with Gasteiger partial charge in [-0.15, -0.1) is 6.58 Å². The first kappa shape index (κ1) is 34.8. The van der Waals surface area contributed by atoms with Gasteiger partial charge < -0.3 is 39.0 Å². The molecule has 0 aliphatic carbocycles. The van der Waals surface area contributed by atoms with E-state index in [0.717, 1.165) is 47.3 Å². The second-order valence-electron chi connectivity index (χ2n) is 12.2. The van der Waals surface area contributed by atoms with E-state index in [0.29, 0.717) is 46.8 Å². The van der Waals surface area contributed by atoms with Gasteiger partial charge in [0, 0.05) is 30.6 Å². The summed E-state index contributed by atoms with van der Waals surface area (Å²) in [5, 5.41) is 32.5. The standard InChI is InChI=1S/C20H24N2O2.C18H22O6/c1-3-13-12-22-9-7-14(13)10-19(22)20(23)16-6-8-21-18-5-4-15(24-2)11-17(16)18;1-21-15-6-5-11(8-14(15)20)7-13(19)12-9-16(22-2)18(24-4)17(10-12)23-3/h3-6,8,11,13-14,19-20,23H,1,7,9-10,12H2,2H3;5-6,8-10,13,19-20H,7H2,1-4H3/t13-,14-,19+,20-;13-/m01/s1. The summed E-state index contributed by atoms with van der Waals surface area (Å²) in [6.45, 7) is 6.07. The van der Waals surface area contributed by atoms with Crippen molar-refractivity contribution in [2.75, 3.05) is 48.6 Å². The number of benzene rings is 3. The Kier molecular flexibility index (Phi) is 11.3. The molecular formula is C38H46N2O8. The van der Waals surface area contributed by atoms with Crippen molar-refractivity contribution in [1.29, 1.82) is 0 Å². The number of pyridine rings is 1. The molecule has 6 atom stereocenters. The highest BCUT2D eigenvalue weighted by Crippen LogP contribution is 2.43. The molecule has 10 heteroatoms. The molecule has 0 radical (unpaired) electrons. The highest BCUT2D eigenvalue weighted by molar-refractivity contribution is 5.84. The quantitative estimate of drug-likeness (QED) is 0.169. The van der Waals surface area contributed by atoms with Crippen LogP contribution >= 0.6 is 0 Å². The molecule has 2 bridgehead atoms. The van der Waals surface area contributed by atoms with Gasteiger partial charge in [0.05, 0.1) is 53.3 Å². The maximum absolute atomic E-state index is 11.2. The lowest BCUT2D eigenvalue weighted by atomic mass is 9.73. The number of methoxy groups -OCH3 is 5. The zero-order valence-corrected chi connectivity index (χ0v) is 28.3. The van der Waals surface area contributed by atoms with Gasteiger partial charge >= 0.3 is 0 Å². The fourth-order valence-electron chi connectivity index (χ4n) is 6.94. The van der Waals surface area contributed by atoms with E-state index in [-0.39, 0.29) is 11.8 Å². The number of aliphatic hydroxyl groups is 2. The molecular weight excluding hydrogens is 612 g/mol. The van der Waals surface area contributed by atoms with Crippen molar-refractivity contribution < 1.29 is 39.0 Å². The minimum Gasteiger partial charge on any atom is -0.504 e. The minimum absolute atomic E-state index is 0.0343. The molecule has 10 nitrogen and oxygen atoms in total. The molecule has 1 aromatic heterocycles. The Hall–Kier alpha value is -4.51. The summed E-state index contributed by atoms with van der Waals surface area (Å²) in [6.07, 6.45) is 5.14. The van der Waals surface area contributed by atoms with Gasteiger partial charge in [0.25, 0.3) is 0 Å². The molecule has 0 spiro atoms. The monoisotopic (exact) mass is 658 g/mol. The van der Waals surface area contributed by atoms with Crippen molar-refractivity contribution in [3.05, 3.63) is 90.1 Å². The first-order valence-corrected chi connectivity index (χ1v) is 16.1. The molecule has 3 aliphatic rings. The van der Waals surface area contributed by atoms with Crippen LogP contribution in [0.3, 0.4) is 0 Å². The van der Waals surface area contributed by atoms with Crippen LogP contribution in [0.2, 0.25) is 0 Å². The van der Waals surface area contributed by atoms with Crippen LogP contribution in [0.25, 0.3) is 10.9 Å². The van der Waals surface area contributed by atoms with Crippen molar-refractivity contribution in [1.82, 2.24) is 9.88 Å². The van der Waals surface area contributed by atoms with Gasteiger partial charge in [0.15, 0.2) is 23.0 Å². The molecule has 3 saturated heterocycles. The molecule has 3 aliphatic heterocycles. The molecule has 7 rings (SSSR count). The summed E-state index contributed by atoms with van der Waals surface area (Å²) in [7, 11) is 7.72. The molecule has 3 aromatic carbocycles. The molecule has 0 unspecified atom stereocenters. The second-order valence-corrected chi connectivity index (χ2v) is 12.2. The molecule has 0 saturated carbocycles. The predicted molar refractivity (Wildman–Crippen MR) is 184 cm³/mol. The van der Waals surface area contributed by atoms with Crippen LogP contribution in [0, 0.1) is 11.8 Å². The maximum atomic E-state index is 11.2. The maximum Gasteiger partial charge on any atom is 0.203 e. The number of aliphatic hydroxyl groups excluding tert-OH is 2. The fraction of sp³-hybridized carbons (Fsp3) is 0.395. The highest BCUT2D eigenvalue weighted by Gasteiger charge is 2.42. The summed E-state index contributed by atoms with van der Waals surface area (Å²) in [5.41, 5.74) is 3.24. The Balaban J connectivity index is 0.000000188. The van der Waals surface area contributed by atoms with Crippen molar-refractivity contribution in [2.24, 2.45) is 11.8 Å². The normalized spacial score (nSPS) is 21.0. The number of ether oxygens (including phenoxy) is 5. The predicted octanol–water partition coefficient (Wildman–Crippen LogP) is 5.88. The van der Waals surface area contributed by atoms with Crippen molar-refractivity contribution in [2.45, 2.75) is 37.5 Å². The van der Waals surface area contributed by atoms with Crippen LogP contribution in [0.1, 0.15) is 41.7 Å². The first-order chi connectivity index (χ1) is 23.2. The molecule has 4 heterocycles. The van der Waals surface area contributed by atoms with E-state index < -0.39 is 12.2 Å². The number of nitrogens with zero attached hydrogens (tertiary/aromatic N) is 2. The number of rotatable bonds is 11. The van der Waals surface area contributed by atoms with E-state index in [2.05, 4.69) is 22.5 Å². The Morgan fingerprint density at radius 1 is 0.896 bits per heavy atom. The molecule has 4 aromatic rings. The van der Waals surface area contributed by atoms with E-state index >= 15 is 0 Å². The summed E-state index contributed by atoms with van der Waals surface area (Å²) in [4.78, 5) is 6.86. The summed E-state index contributed by atoms with van der Waals surface area (Å²) >= 11 is 0. The molecule has 48 heavy (non-hydrogen) atoms. The topological polar surface area (TPSA) is 123 Å². The third-order valence-electron chi connectivity index (χ3n) is 9.56. The Labute approximate surface area is 282 Å². The fourth-order valence-corrected chi connectivity index (χ4v) is 6.94. The van der Waals surface area contributed by atoms with Crippen LogP contribution in [0.15, 0.2) is 73.4 Å². The van der Waals surface area contributed by atoms with Gasteiger partial charge in [-0.1, -0.05) is 12.1 Å². The number of phenolic OH excluding ortho intramolecular Hbond substituents is 1. The zero-order chi connectivity index (χ0) is 34.4. The lowest BCUT2D eigenvalue weighted by molar-refractivity contribution is -0.0444. The first-order valence-electron chi connectivity index (χ1n) is 16.1. The number of aromatic nitrogens is 1. The molecule has 3 N–H and O–H groups in total. The van der Waals surface area contributed by atoms with Gasteiger partial charge in [0.2, 0.25) is 5.75 Å². The number of piperidine rings is 3. The lowest BCUT2D eigenvalue weighted by Gasteiger charge is -2.50. The van der Waals surface area contributed by atoms with Crippen molar-refractivity contribution in [3.63, 3.8) is 0 Å². The van der Waals surface area contributed by atoms with Crippen LogP contribution in [-0.2, 0) is 6.42 Å². The van der Waals surface area contributed by atoms with E-state index in [1.807, 2.05) is 24.3 Å². The SMILES string of the molecule is C=C[C@H]1C[N@]2CC[C@H]1C[C@@H]2[C@@H](O)c1ccnc2ccc(OC)cc12.COc1ccc(C[C@@H](O)c2cc(OC)c(OC)c(OC)c2)cc1O. The Bertz CT molecular complexity index is 1690. The largest absolute Gasteiger partial charge is 0.504 e.